The molecule has 0 saturated carbocycles. The highest BCUT2D eigenvalue weighted by atomic mass is 35.5. The fourth-order valence-electron chi connectivity index (χ4n) is 4.58. The Labute approximate surface area is 204 Å². The van der Waals surface area contributed by atoms with Gasteiger partial charge >= 0.3 is 0 Å². The van der Waals surface area contributed by atoms with Crippen LogP contribution in [0.5, 0.6) is 11.5 Å². The van der Waals surface area contributed by atoms with E-state index in [0.29, 0.717) is 41.5 Å². The van der Waals surface area contributed by atoms with Gasteiger partial charge in [-0.3, -0.25) is 19.3 Å². The maximum Gasteiger partial charge on any atom is 0.230 e. The van der Waals surface area contributed by atoms with Gasteiger partial charge in [-0.25, -0.2) is 4.98 Å². The molecule has 8 nitrogen and oxygen atoms in total. The lowest BCUT2D eigenvalue weighted by Crippen LogP contribution is -2.33. The SMILES string of the molecule is COc1cc(-c2c(Cl)c(CN3C(=O)CCC3=O)nc3sc4c(c23)CCN(C(C)=O)C4)ccc1O. The van der Waals surface area contributed by atoms with Crippen molar-refractivity contribution in [3.63, 3.8) is 0 Å². The number of halogens is 1. The van der Waals surface area contributed by atoms with Crippen LogP contribution in [0.4, 0.5) is 0 Å². The van der Waals surface area contributed by atoms with Crippen molar-refractivity contribution in [2.24, 2.45) is 0 Å². The summed E-state index contributed by atoms with van der Waals surface area (Å²) in [5.41, 5.74) is 2.96. The van der Waals surface area contributed by atoms with Crippen molar-refractivity contribution in [1.82, 2.24) is 14.8 Å². The Balaban J connectivity index is 1.73. The van der Waals surface area contributed by atoms with Gasteiger partial charge in [-0.15, -0.1) is 11.3 Å². The summed E-state index contributed by atoms with van der Waals surface area (Å²) in [5.74, 6) is -0.149. The third kappa shape index (κ3) is 3.69. The van der Waals surface area contributed by atoms with Gasteiger partial charge in [-0.05, 0) is 29.7 Å². The Kier molecular flexibility index (Phi) is 5.69. The number of pyridine rings is 1. The average molecular weight is 500 g/mol. The number of phenols is 1. The van der Waals surface area contributed by atoms with Crippen LogP contribution in [0.3, 0.4) is 0 Å². The minimum atomic E-state index is -0.238. The number of nitrogens with zero attached hydrogens (tertiary/aromatic N) is 3. The molecule has 2 aliphatic heterocycles. The maximum absolute atomic E-state index is 12.3. The third-order valence-corrected chi connectivity index (χ3v) is 7.89. The van der Waals surface area contributed by atoms with Crippen LogP contribution in [0.25, 0.3) is 21.3 Å². The Morgan fingerprint density at radius 3 is 2.65 bits per heavy atom. The molecule has 0 aliphatic carbocycles. The number of rotatable bonds is 4. The monoisotopic (exact) mass is 499 g/mol. The zero-order valence-corrected chi connectivity index (χ0v) is 20.3. The highest BCUT2D eigenvalue weighted by molar-refractivity contribution is 7.19. The third-order valence-electron chi connectivity index (χ3n) is 6.37. The van der Waals surface area contributed by atoms with Gasteiger partial charge in [0.25, 0.3) is 0 Å². The highest BCUT2D eigenvalue weighted by Gasteiger charge is 2.32. The van der Waals surface area contributed by atoms with E-state index >= 15 is 0 Å². The molecule has 10 heteroatoms. The topological polar surface area (TPSA) is 100 Å². The number of methoxy groups -OCH3 is 1. The molecule has 1 aromatic carbocycles. The molecule has 1 fully saturated rings. The predicted octanol–water partition coefficient (Wildman–Crippen LogP) is 3.88. The van der Waals surface area contributed by atoms with Crippen molar-refractivity contribution >= 4 is 50.9 Å². The summed E-state index contributed by atoms with van der Waals surface area (Å²) in [6.07, 6.45) is 1.04. The highest BCUT2D eigenvalue weighted by Crippen LogP contribution is 2.46. The first-order valence-electron chi connectivity index (χ1n) is 10.9. The molecular weight excluding hydrogens is 478 g/mol. The van der Waals surface area contributed by atoms with Gasteiger partial charge in [0, 0.05) is 42.1 Å². The Hall–Kier alpha value is -3.17. The van der Waals surface area contributed by atoms with Crippen LogP contribution < -0.4 is 4.74 Å². The number of benzene rings is 1. The fraction of sp³-hybridized carbons (Fsp3) is 0.333. The van der Waals surface area contributed by atoms with E-state index in [1.54, 1.807) is 30.0 Å². The van der Waals surface area contributed by atoms with Gasteiger partial charge in [0.2, 0.25) is 17.7 Å². The number of imide groups is 1. The number of hydrogen-bond donors (Lipinski definition) is 1. The molecule has 2 aliphatic rings. The van der Waals surface area contributed by atoms with E-state index in [0.717, 1.165) is 26.2 Å². The number of likely N-dealkylation sites (tertiary alicyclic amines) is 1. The number of carbonyl (C=O) groups excluding carboxylic acids is 3. The number of ether oxygens (including phenoxy) is 1. The summed E-state index contributed by atoms with van der Waals surface area (Å²) in [7, 11) is 1.47. The number of aromatic nitrogens is 1. The smallest absolute Gasteiger partial charge is 0.230 e. The first kappa shape index (κ1) is 22.6. The van der Waals surface area contributed by atoms with E-state index in [9.17, 15) is 19.5 Å². The standard InChI is InChI=1S/C24H22ClN3O5S/c1-12(29)27-8-7-14-18(11-27)34-24-22(14)21(13-3-4-16(30)17(9-13)33-2)23(25)15(26-24)10-28-19(31)5-6-20(28)32/h3-4,9,30H,5-8,10-11H2,1-2H3. The second-order valence-corrected chi connectivity index (χ2v) is 9.84. The lowest BCUT2D eigenvalue weighted by Gasteiger charge is -2.26. The molecule has 1 saturated heterocycles. The average Bonchev–Trinajstić information content (AvgIpc) is 3.33. The first-order chi connectivity index (χ1) is 16.3. The van der Waals surface area contributed by atoms with E-state index in [1.807, 2.05) is 0 Å². The molecular formula is C24H22ClN3O5S. The van der Waals surface area contributed by atoms with E-state index in [4.69, 9.17) is 21.3 Å². The molecule has 3 amide bonds. The quantitative estimate of drug-likeness (QED) is 0.547. The number of fused-ring (bicyclic) bond motifs is 3. The minimum absolute atomic E-state index is 0.00318. The van der Waals surface area contributed by atoms with Gasteiger partial charge in [0.1, 0.15) is 4.83 Å². The Bertz CT molecular complexity index is 1350. The predicted molar refractivity (Wildman–Crippen MR) is 128 cm³/mol. The number of amides is 3. The number of hydrogen-bond acceptors (Lipinski definition) is 7. The van der Waals surface area contributed by atoms with Gasteiger partial charge in [-0.1, -0.05) is 17.7 Å². The van der Waals surface area contributed by atoms with E-state index in [-0.39, 0.29) is 42.9 Å². The summed E-state index contributed by atoms with van der Waals surface area (Å²) >= 11 is 8.43. The van der Waals surface area contributed by atoms with Crippen LogP contribution in [-0.2, 0) is 33.9 Å². The molecule has 5 rings (SSSR count). The van der Waals surface area contributed by atoms with Crippen LogP contribution in [0, 0.1) is 0 Å². The van der Waals surface area contributed by atoms with Crippen LogP contribution in [-0.4, -0.2) is 51.3 Å². The minimum Gasteiger partial charge on any atom is -0.504 e. The van der Waals surface area contributed by atoms with Crippen molar-refractivity contribution in [3.05, 3.63) is 39.4 Å². The summed E-state index contributed by atoms with van der Waals surface area (Å²) in [6.45, 7) is 2.66. The summed E-state index contributed by atoms with van der Waals surface area (Å²) in [4.78, 5) is 46.0. The van der Waals surface area contributed by atoms with Gasteiger partial charge in [0.15, 0.2) is 11.5 Å². The van der Waals surface area contributed by atoms with Gasteiger partial charge in [0.05, 0.1) is 30.9 Å². The van der Waals surface area contributed by atoms with Crippen molar-refractivity contribution in [3.8, 4) is 22.6 Å². The number of phenolic OH excluding ortho intramolecular Hbond substituents is 1. The van der Waals surface area contributed by atoms with Crippen molar-refractivity contribution in [2.75, 3.05) is 13.7 Å². The lowest BCUT2D eigenvalue weighted by molar-refractivity contribution is -0.139. The van der Waals surface area contributed by atoms with Crippen LogP contribution in [0.2, 0.25) is 5.02 Å². The zero-order valence-electron chi connectivity index (χ0n) is 18.7. The molecule has 1 N–H and O–H groups in total. The number of thiophene rings is 1. The molecule has 34 heavy (non-hydrogen) atoms. The second kappa shape index (κ2) is 8.56. The summed E-state index contributed by atoms with van der Waals surface area (Å²) in [5, 5.41) is 11.4. The van der Waals surface area contributed by atoms with Gasteiger partial charge in [-0.2, -0.15) is 0 Å². The van der Waals surface area contributed by atoms with E-state index < -0.39 is 0 Å². The van der Waals surface area contributed by atoms with Crippen LogP contribution >= 0.6 is 22.9 Å². The lowest BCUT2D eigenvalue weighted by atomic mass is 9.95. The number of aromatic hydroxyl groups is 1. The maximum atomic E-state index is 12.3. The fourth-order valence-corrected chi connectivity index (χ4v) is 6.15. The van der Waals surface area contributed by atoms with Crippen LogP contribution in [0.1, 0.15) is 35.9 Å². The molecule has 3 aromatic rings. The number of carbonyl (C=O) groups is 3. The largest absolute Gasteiger partial charge is 0.504 e. The molecule has 0 radical (unpaired) electrons. The van der Waals surface area contributed by atoms with Crippen molar-refractivity contribution < 1.29 is 24.2 Å². The zero-order chi connectivity index (χ0) is 24.1. The molecule has 0 atom stereocenters. The Morgan fingerprint density at radius 1 is 1.24 bits per heavy atom. The molecule has 4 heterocycles. The van der Waals surface area contributed by atoms with E-state index in [2.05, 4.69) is 0 Å². The molecule has 0 unspecified atom stereocenters. The molecule has 0 spiro atoms. The van der Waals surface area contributed by atoms with E-state index in [1.165, 1.54) is 23.3 Å². The molecule has 176 valence electrons. The molecule has 2 aromatic heterocycles. The van der Waals surface area contributed by atoms with Crippen LogP contribution in [0.15, 0.2) is 18.2 Å². The summed E-state index contributed by atoms with van der Waals surface area (Å²) in [6, 6.07) is 5.00. The van der Waals surface area contributed by atoms with Crippen molar-refractivity contribution in [1.29, 1.82) is 0 Å². The molecule has 0 bridgehead atoms. The van der Waals surface area contributed by atoms with Gasteiger partial charge < -0.3 is 14.7 Å². The van der Waals surface area contributed by atoms with Crippen molar-refractivity contribution in [2.45, 2.75) is 39.3 Å². The second-order valence-electron chi connectivity index (χ2n) is 8.38. The first-order valence-corrected chi connectivity index (χ1v) is 12.1. The summed E-state index contributed by atoms with van der Waals surface area (Å²) < 4.78 is 5.31. The normalized spacial score (nSPS) is 15.9. The Morgan fingerprint density at radius 2 is 1.97 bits per heavy atom.